The minimum Gasteiger partial charge on any atom is -0.386 e. The summed E-state index contributed by atoms with van der Waals surface area (Å²) in [7, 11) is -2.81. The van der Waals surface area contributed by atoms with Gasteiger partial charge in [0, 0.05) is 0 Å². The van der Waals surface area contributed by atoms with Crippen molar-refractivity contribution in [1.82, 2.24) is 19.7 Å². The van der Waals surface area contributed by atoms with Gasteiger partial charge in [-0.3, -0.25) is 0 Å². The number of fused-ring (bicyclic) bond motifs is 2. The van der Waals surface area contributed by atoms with Gasteiger partial charge in [-0.1, -0.05) is 27.7 Å². The fourth-order valence-corrected chi connectivity index (χ4v) is 7.97. The van der Waals surface area contributed by atoms with Gasteiger partial charge in [0.1, 0.15) is 42.9 Å². The van der Waals surface area contributed by atoms with Crippen LogP contribution in [0.25, 0.3) is 11.0 Å². The normalized spacial score (nSPS) is 29.0. The number of anilines is 1. The number of nitrogens with two attached hydrogens (primary N) is 1. The highest BCUT2D eigenvalue weighted by molar-refractivity contribution is 6.70. The average Bonchev–Trinajstić information content (AvgIpc) is 3.20. The third-order valence-electron chi connectivity index (χ3n) is 5.88. The molecular weight excluding hydrogens is 432 g/mol. The van der Waals surface area contributed by atoms with Crippen LogP contribution in [-0.2, 0) is 18.3 Å². The summed E-state index contributed by atoms with van der Waals surface area (Å²) in [6.45, 7) is 8.21. The first kappa shape index (κ1) is 22.4. The molecule has 4 rings (SSSR count). The molecule has 0 aromatic carbocycles. The van der Waals surface area contributed by atoms with Crippen LogP contribution in [-0.4, -0.2) is 65.1 Å². The predicted octanol–water partition coefficient (Wildman–Crippen LogP) is 2.26. The van der Waals surface area contributed by atoms with E-state index in [1.54, 1.807) is 0 Å². The van der Waals surface area contributed by atoms with Gasteiger partial charge in [-0.2, -0.15) is 5.10 Å². The molecule has 172 valence electrons. The number of hydrogen-bond donors (Lipinski definition) is 2. The Bertz CT molecular complexity index is 937. The second kappa shape index (κ2) is 8.29. The van der Waals surface area contributed by atoms with Gasteiger partial charge in [0.2, 0.25) is 0 Å². The zero-order chi connectivity index (χ0) is 22.5. The molecule has 0 unspecified atom stereocenters. The quantitative estimate of drug-likeness (QED) is 0.662. The molecule has 0 bridgehead atoms. The van der Waals surface area contributed by atoms with Crippen molar-refractivity contribution in [2.24, 2.45) is 0 Å². The van der Waals surface area contributed by atoms with E-state index >= 15 is 0 Å². The van der Waals surface area contributed by atoms with E-state index in [1.165, 1.54) is 0 Å². The monoisotopic (exact) mass is 459 g/mol. The minimum absolute atomic E-state index is 0.0505. The Kier molecular flexibility index (Phi) is 6.00. The van der Waals surface area contributed by atoms with Crippen molar-refractivity contribution in [2.75, 3.05) is 19.1 Å². The van der Waals surface area contributed by atoms with Gasteiger partial charge in [0.15, 0.2) is 11.9 Å². The molecule has 0 radical (unpaired) electrons. The van der Waals surface area contributed by atoms with Crippen LogP contribution in [0, 0.1) is 0 Å². The number of halogens is 2. The van der Waals surface area contributed by atoms with Crippen LogP contribution in [0.2, 0.25) is 11.1 Å². The molecule has 0 aliphatic carbocycles. The van der Waals surface area contributed by atoms with Crippen LogP contribution in [0.3, 0.4) is 0 Å². The number of nitrogens with zero attached hydrogens (tertiary/aromatic N) is 4. The first-order valence-corrected chi connectivity index (χ1v) is 12.1. The molecule has 10 nitrogen and oxygen atoms in total. The van der Waals surface area contributed by atoms with Crippen molar-refractivity contribution in [3.8, 4) is 0 Å². The number of hydrogen-bond acceptors (Lipinski definition) is 9. The highest BCUT2D eigenvalue weighted by Gasteiger charge is 2.55. The van der Waals surface area contributed by atoms with Crippen LogP contribution in [0.4, 0.5) is 14.6 Å². The third kappa shape index (κ3) is 3.62. The zero-order valence-electron chi connectivity index (χ0n) is 17.7. The predicted molar refractivity (Wildman–Crippen MR) is 107 cm³/mol. The number of alkyl halides is 2. The molecule has 0 amide bonds. The summed E-state index contributed by atoms with van der Waals surface area (Å²) in [5.41, 5.74) is 5.44. The Labute approximate surface area is 178 Å². The molecule has 2 aromatic heterocycles. The van der Waals surface area contributed by atoms with E-state index in [0.29, 0.717) is 0 Å². The largest absolute Gasteiger partial charge is 0.386 e. The Morgan fingerprint density at radius 2 is 1.94 bits per heavy atom. The van der Waals surface area contributed by atoms with Crippen molar-refractivity contribution >= 4 is 25.4 Å². The van der Waals surface area contributed by atoms with Gasteiger partial charge >= 0.3 is 8.56 Å². The van der Waals surface area contributed by atoms with E-state index in [9.17, 15) is 13.9 Å². The molecular formula is C18H27F2N5O5Si. The van der Waals surface area contributed by atoms with Crippen molar-refractivity contribution in [3.63, 3.8) is 0 Å². The van der Waals surface area contributed by atoms with E-state index < -0.39 is 45.2 Å². The van der Waals surface area contributed by atoms with Gasteiger partial charge < -0.3 is 29.2 Å². The molecule has 4 heterocycles. The molecule has 3 N–H and O–H groups in total. The number of ether oxygens (including phenoxy) is 2. The smallest absolute Gasteiger partial charge is 0.345 e. The summed E-state index contributed by atoms with van der Waals surface area (Å²) < 4.78 is 52.6. The second-order valence-electron chi connectivity index (χ2n) is 8.39. The summed E-state index contributed by atoms with van der Waals surface area (Å²) in [5, 5.41) is 15.1. The molecule has 0 saturated carbocycles. The highest BCUT2D eigenvalue weighted by atomic mass is 28.4. The highest BCUT2D eigenvalue weighted by Crippen LogP contribution is 2.42. The van der Waals surface area contributed by atoms with Gasteiger partial charge in [0.05, 0.1) is 12.0 Å². The number of aliphatic hydroxyl groups is 1. The van der Waals surface area contributed by atoms with Gasteiger partial charge in [-0.25, -0.2) is 23.4 Å². The van der Waals surface area contributed by atoms with E-state index in [1.807, 2.05) is 27.7 Å². The molecule has 31 heavy (non-hydrogen) atoms. The van der Waals surface area contributed by atoms with Crippen molar-refractivity contribution in [2.45, 2.75) is 69.7 Å². The summed E-state index contributed by atoms with van der Waals surface area (Å²) in [5.74, 6) is -0.121. The Balaban J connectivity index is 1.75. The lowest BCUT2D eigenvalue weighted by Crippen LogP contribution is -2.56. The standard InChI is InChI=1S/C18H27F2N5O5Si/c1-8(2)31(9(3)4)28-7-27-5-10-14(30-31)13(26)18(29-10)25-17-11(12(24-25)15(19)20)16(21)22-6-23-17/h6,8-10,13-15,18,26H,5,7H2,1-4H3,(H2,21,22,23)/t10-,13+,14+,18+/m0/s1. The maximum Gasteiger partial charge on any atom is 0.345 e. The van der Waals surface area contributed by atoms with E-state index in [-0.39, 0.29) is 41.3 Å². The summed E-state index contributed by atoms with van der Waals surface area (Å²) in [6.07, 6.45) is -5.51. The van der Waals surface area contributed by atoms with Crippen molar-refractivity contribution < 1.29 is 32.2 Å². The van der Waals surface area contributed by atoms with E-state index in [2.05, 4.69) is 15.1 Å². The lowest BCUT2D eigenvalue weighted by molar-refractivity contribution is -0.116. The van der Waals surface area contributed by atoms with Crippen LogP contribution in [0.15, 0.2) is 6.33 Å². The Morgan fingerprint density at radius 1 is 1.23 bits per heavy atom. The fraction of sp³-hybridized carbons (Fsp3) is 0.722. The minimum atomic E-state index is -2.90. The fourth-order valence-electron chi connectivity index (χ4n) is 4.37. The molecule has 2 saturated heterocycles. The summed E-state index contributed by atoms with van der Waals surface area (Å²) in [6, 6.07) is 0. The van der Waals surface area contributed by atoms with Crippen LogP contribution in [0.5, 0.6) is 0 Å². The van der Waals surface area contributed by atoms with Crippen molar-refractivity contribution in [3.05, 3.63) is 12.0 Å². The SMILES string of the molecule is CC(C)[Si]1(C(C)C)OCOC[C@@H]2O[C@@H](n3nc(C(F)F)c4c(N)ncnc43)[C@H](O)[C@@H]2O1. The molecule has 2 aromatic rings. The lowest BCUT2D eigenvalue weighted by Gasteiger charge is -2.42. The molecule has 2 fully saturated rings. The van der Waals surface area contributed by atoms with E-state index in [4.69, 9.17) is 24.1 Å². The van der Waals surface area contributed by atoms with Crippen molar-refractivity contribution in [1.29, 1.82) is 0 Å². The van der Waals surface area contributed by atoms with Gasteiger partial charge in [0.25, 0.3) is 6.43 Å². The van der Waals surface area contributed by atoms with Crippen LogP contribution in [0.1, 0.15) is 46.0 Å². The summed E-state index contributed by atoms with van der Waals surface area (Å²) >= 11 is 0. The van der Waals surface area contributed by atoms with Gasteiger partial charge in [-0.05, 0) is 11.1 Å². The zero-order valence-corrected chi connectivity index (χ0v) is 18.7. The number of nitrogen functional groups attached to an aromatic ring is 1. The first-order valence-electron chi connectivity index (χ1n) is 10.2. The first-order chi connectivity index (χ1) is 14.7. The Hall–Kier alpha value is -1.77. The molecule has 0 spiro atoms. The van der Waals surface area contributed by atoms with Gasteiger partial charge in [-0.15, -0.1) is 0 Å². The number of aromatic nitrogens is 4. The van der Waals surface area contributed by atoms with Crippen LogP contribution < -0.4 is 5.73 Å². The van der Waals surface area contributed by atoms with E-state index in [0.717, 1.165) is 11.0 Å². The topological polar surface area (TPSA) is 127 Å². The maximum atomic E-state index is 13.6. The Morgan fingerprint density at radius 3 is 2.58 bits per heavy atom. The molecule has 4 atom stereocenters. The average molecular weight is 460 g/mol. The lowest BCUT2D eigenvalue weighted by atomic mass is 10.1. The van der Waals surface area contributed by atoms with Crippen LogP contribution >= 0.6 is 0 Å². The molecule has 13 heteroatoms. The summed E-state index contributed by atoms with van der Waals surface area (Å²) in [4.78, 5) is 7.85. The third-order valence-corrected chi connectivity index (χ3v) is 10.3. The second-order valence-corrected chi connectivity index (χ2v) is 12.7. The molecule has 2 aliphatic rings. The molecule has 2 aliphatic heterocycles. The number of aliphatic hydroxyl groups excluding tert-OH is 1. The maximum absolute atomic E-state index is 13.6. The number of rotatable bonds is 4.